The maximum absolute atomic E-state index is 12.6. The summed E-state index contributed by atoms with van der Waals surface area (Å²) < 4.78 is 24.1. The van der Waals surface area contributed by atoms with E-state index in [1.165, 1.54) is 6.26 Å². The first-order chi connectivity index (χ1) is 14.7. The number of hydrogen-bond acceptors (Lipinski definition) is 5. The average molecular weight is 449 g/mol. The molecule has 0 bridgehead atoms. The number of nitrogens with zero attached hydrogens (tertiary/aromatic N) is 2. The molecule has 2 heterocycles. The largest absolute Gasteiger partial charge is 0.256 e. The highest BCUT2D eigenvalue weighted by Crippen LogP contribution is 2.37. The van der Waals surface area contributed by atoms with Gasteiger partial charge in [-0.05, 0) is 72.7 Å². The van der Waals surface area contributed by atoms with E-state index in [-0.39, 0.29) is 0 Å². The number of benzene rings is 2. The molecule has 0 atom stereocenters. The van der Waals surface area contributed by atoms with E-state index in [1.807, 2.05) is 48.9 Å². The van der Waals surface area contributed by atoms with Crippen molar-refractivity contribution >= 4 is 32.5 Å². The molecule has 0 saturated heterocycles. The molecule has 4 aromatic rings. The van der Waals surface area contributed by atoms with Gasteiger partial charge < -0.3 is 0 Å². The lowest BCUT2D eigenvalue weighted by molar-refractivity contribution is 0.562. The molecule has 0 unspecified atom stereocenters. The van der Waals surface area contributed by atoms with E-state index in [0.29, 0.717) is 5.56 Å². The van der Waals surface area contributed by atoms with Crippen LogP contribution >= 0.6 is 11.8 Å². The molecular formula is C25H24N2O2S2. The van der Waals surface area contributed by atoms with Crippen molar-refractivity contribution in [3.05, 3.63) is 78.6 Å². The number of fused-ring (bicyclic) bond motifs is 1. The Morgan fingerprint density at radius 3 is 2.23 bits per heavy atom. The van der Waals surface area contributed by atoms with Gasteiger partial charge in [0.25, 0.3) is 0 Å². The summed E-state index contributed by atoms with van der Waals surface area (Å²) in [5, 5.41) is 1.90. The lowest BCUT2D eigenvalue weighted by atomic mass is 9.92. The van der Waals surface area contributed by atoms with Gasteiger partial charge in [-0.1, -0.05) is 30.3 Å². The van der Waals surface area contributed by atoms with E-state index >= 15 is 0 Å². The zero-order chi connectivity index (χ0) is 22.2. The van der Waals surface area contributed by atoms with Gasteiger partial charge in [-0.15, -0.1) is 11.8 Å². The van der Waals surface area contributed by atoms with Gasteiger partial charge in [0.15, 0.2) is 9.84 Å². The fourth-order valence-electron chi connectivity index (χ4n) is 3.57. The number of hydrogen-bond donors (Lipinski definition) is 0. The van der Waals surface area contributed by atoms with Gasteiger partial charge in [-0.3, -0.25) is 4.98 Å². The zero-order valence-corrected chi connectivity index (χ0v) is 19.6. The molecule has 0 amide bonds. The molecule has 2 aromatic carbocycles. The van der Waals surface area contributed by atoms with Gasteiger partial charge in [0.2, 0.25) is 0 Å². The molecule has 0 radical (unpaired) electrons. The molecule has 6 heteroatoms. The fourth-order valence-corrected chi connectivity index (χ4v) is 4.49. The first-order valence-corrected chi connectivity index (χ1v) is 13.0. The Morgan fingerprint density at radius 2 is 1.58 bits per heavy atom. The summed E-state index contributed by atoms with van der Waals surface area (Å²) in [6.07, 6.45) is 6.87. The summed E-state index contributed by atoms with van der Waals surface area (Å²) in [7, 11) is -3.35. The second-order valence-corrected chi connectivity index (χ2v) is 11.4. The quantitative estimate of drug-likeness (QED) is 0.352. The molecule has 0 aliphatic heterocycles. The van der Waals surface area contributed by atoms with Gasteiger partial charge in [-0.25, -0.2) is 13.4 Å². The third kappa shape index (κ3) is 4.10. The second-order valence-electron chi connectivity index (χ2n) is 8.05. The maximum atomic E-state index is 12.6. The van der Waals surface area contributed by atoms with Crippen molar-refractivity contribution in [1.29, 1.82) is 0 Å². The van der Waals surface area contributed by atoms with E-state index in [2.05, 4.69) is 34.2 Å². The zero-order valence-electron chi connectivity index (χ0n) is 18.0. The lowest BCUT2D eigenvalue weighted by Gasteiger charge is -2.25. The van der Waals surface area contributed by atoms with E-state index in [1.54, 1.807) is 31.8 Å². The Labute approximate surface area is 187 Å². The number of rotatable bonds is 5. The summed E-state index contributed by atoms with van der Waals surface area (Å²) in [4.78, 5) is 8.98. The van der Waals surface area contributed by atoms with Crippen LogP contribution in [0.25, 0.3) is 33.2 Å². The van der Waals surface area contributed by atoms with Crippen molar-refractivity contribution in [3.8, 4) is 22.3 Å². The molecule has 4 nitrogen and oxygen atoms in total. The van der Waals surface area contributed by atoms with Gasteiger partial charge >= 0.3 is 0 Å². The molecule has 0 spiro atoms. The van der Waals surface area contributed by atoms with E-state index in [9.17, 15) is 8.42 Å². The van der Waals surface area contributed by atoms with Gasteiger partial charge in [0.1, 0.15) is 0 Å². The third-order valence-electron chi connectivity index (χ3n) is 5.76. The van der Waals surface area contributed by atoms with E-state index in [0.717, 1.165) is 38.2 Å². The monoisotopic (exact) mass is 448 g/mol. The predicted molar refractivity (Wildman–Crippen MR) is 130 cm³/mol. The minimum absolute atomic E-state index is 0.708. The summed E-state index contributed by atoms with van der Waals surface area (Å²) >= 11 is 1.61. The van der Waals surface area contributed by atoms with Gasteiger partial charge in [0.05, 0.1) is 15.3 Å². The van der Waals surface area contributed by atoms with Crippen LogP contribution in [0, 0.1) is 0 Å². The molecular weight excluding hydrogens is 424 g/mol. The van der Waals surface area contributed by atoms with Crippen LogP contribution in [-0.2, 0) is 14.6 Å². The summed E-state index contributed by atoms with van der Waals surface area (Å²) in [5.41, 5.74) is 5.51. The Hall–Kier alpha value is -2.70. The molecule has 31 heavy (non-hydrogen) atoms. The standard InChI is InChI=1S/C25H24N2O2S2/c1-25(2,31(4,28)29)22-15-21(14-19-9-6-12-26-24(19)22)18-8-5-7-17(13-18)20-10-11-23(30-3)27-16-20/h5-16H,1-4H3. The minimum Gasteiger partial charge on any atom is -0.256 e. The van der Waals surface area contributed by atoms with Crippen molar-refractivity contribution in [2.24, 2.45) is 0 Å². The smallest absolute Gasteiger partial charge is 0.156 e. The number of aromatic nitrogens is 2. The first kappa shape index (κ1) is 21.5. The van der Waals surface area contributed by atoms with Gasteiger partial charge in [0, 0.05) is 29.6 Å². The molecule has 0 fully saturated rings. The summed E-state index contributed by atoms with van der Waals surface area (Å²) in [5.74, 6) is 0. The van der Waals surface area contributed by atoms with E-state index < -0.39 is 14.6 Å². The normalized spacial score (nSPS) is 12.3. The predicted octanol–water partition coefficient (Wildman–Crippen LogP) is 5.97. The number of sulfone groups is 1. The second kappa shape index (κ2) is 8.09. The Balaban J connectivity index is 1.89. The summed E-state index contributed by atoms with van der Waals surface area (Å²) in [6.45, 7) is 3.48. The van der Waals surface area contributed by atoms with Crippen molar-refractivity contribution in [2.75, 3.05) is 12.5 Å². The number of pyridine rings is 2. The molecule has 0 aliphatic rings. The Morgan fingerprint density at radius 1 is 0.839 bits per heavy atom. The van der Waals surface area contributed by atoms with E-state index in [4.69, 9.17) is 0 Å². The van der Waals surface area contributed by atoms with Gasteiger partial charge in [-0.2, -0.15) is 0 Å². The van der Waals surface area contributed by atoms with Crippen LogP contribution in [0.15, 0.2) is 78.1 Å². The SMILES string of the molecule is CSc1ccc(-c2cccc(-c3cc(C(C)(C)S(C)(=O)=O)c4ncccc4c3)c2)cn1. The van der Waals surface area contributed by atoms with Crippen molar-refractivity contribution in [2.45, 2.75) is 23.6 Å². The van der Waals surface area contributed by atoms with Crippen LogP contribution in [-0.4, -0.2) is 30.9 Å². The molecule has 2 aromatic heterocycles. The highest BCUT2D eigenvalue weighted by atomic mass is 32.2. The topological polar surface area (TPSA) is 59.9 Å². The lowest BCUT2D eigenvalue weighted by Crippen LogP contribution is -2.28. The maximum Gasteiger partial charge on any atom is 0.156 e. The molecule has 4 rings (SSSR count). The van der Waals surface area contributed by atoms with Crippen LogP contribution in [0.4, 0.5) is 0 Å². The Kier molecular flexibility index (Phi) is 5.62. The average Bonchev–Trinajstić information content (AvgIpc) is 2.77. The fraction of sp³-hybridized carbons (Fsp3) is 0.200. The van der Waals surface area contributed by atoms with Crippen LogP contribution < -0.4 is 0 Å². The molecule has 0 saturated carbocycles. The first-order valence-electron chi connectivity index (χ1n) is 9.90. The van der Waals surface area contributed by atoms with Crippen molar-refractivity contribution in [1.82, 2.24) is 9.97 Å². The van der Waals surface area contributed by atoms with Crippen LogP contribution in [0.1, 0.15) is 19.4 Å². The van der Waals surface area contributed by atoms with Crippen molar-refractivity contribution in [3.63, 3.8) is 0 Å². The molecule has 0 N–H and O–H groups in total. The van der Waals surface area contributed by atoms with Crippen LogP contribution in [0.5, 0.6) is 0 Å². The molecule has 158 valence electrons. The van der Waals surface area contributed by atoms with Crippen LogP contribution in [0.3, 0.4) is 0 Å². The number of thioether (sulfide) groups is 1. The van der Waals surface area contributed by atoms with Crippen molar-refractivity contribution < 1.29 is 8.42 Å². The highest BCUT2D eigenvalue weighted by molar-refractivity contribution is 7.98. The van der Waals surface area contributed by atoms with Crippen LogP contribution in [0.2, 0.25) is 0 Å². The minimum atomic E-state index is -3.35. The Bertz CT molecular complexity index is 1360. The summed E-state index contributed by atoms with van der Waals surface area (Å²) in [6, 6.07) is 20.2. The molecule has 0 aliphatic carbocycles. The third-order valence-corrected chi connectivity index (χ3v) is 8.49. The highest BCUT2D eigenvalue weighted by Gasteiger charge is 2.34.